The Hall–Kier alpha value is -3.19. The lowest BCUT2D eigenvalue weighted by Gasteiger charge is -2.19. The molecule has 2 heterocycles. The third-order valence-corrected chi connectivity index (χ3v) is 6.05. The lowest BCUT2D eigenvalue weighted by atomic mass is 9.91. The summed E-state index contributed by atoms with van der Waals surface area (Å²) in [7, 11) is 0. The summed E-state index contributed by atoms with van der Waals surface area (Å²) in [6.45, 7) is 0.684. The van der Waals surface area contributed by atoms with Crippen molar-refractivity contribution >= 4 is 33.5 Å². The molecule has 1 aliphatic carbocycles. The highest BCUT2D eigenvalue weighted by Crippen LogP contribution is 2.39. The molecule has 156 valence electrons. The second-order valence-electron chi connectivity index (χ2n) is 7.75. The number of hydrogen-bond acceptors (Lipinski definition) is 5. The third kappa shape index (κ3) is 4.77. The summed E-state index contributed by atoms with van der Waals surface area (Å²) >= 11 is 3.54. The van der Waals surface area contributed by atoms with E-state index in [1.807, 2.05) is 12.1 Å². The topological polar surface area (TPSA) is 78.5 Å². The first-order chi connectivity index (χ1) is 15.3. The number of hydrogen-bond donors (Lipinski definition) is 3. The van der Waals surface area contributed by atoms with Crippen molar-refractivity contribution in [3.63, 3.8) is 0 Å². The lowest BCUT2D eigenvalue weighted by Crippen LogP contribution is -2.16. The summed E-state index contributed by atoms with van der Waals surface area (Å²) < 4.78 is 0.789. The SMILES string of the molecule is Brc1cnc(NCC(c2ccccc2)c2ccccc2)nc1Nc1cc(C2CC2)[nH]n1. The first kappa shape index (κ1) is 19.8. The molecule has 0 spiro atoms. The molecule has 7 heteroatoms. The van der Waals surface area contributed by atoms with Crippen molar-refractivity contribution in [1.29, 1.82) is 0 Å². The molecule has 1 fully saturated rings. The van der Waals surface area contributed by atoms with Gasteiger partial charge in [-0.25, -0.2) is 4.98 Å². The number of halogens is 1. The van der Waals surface area contributed by atoms with E-state index in [0.29, 0.717) is 24.2 Å². The minimum absolute atomic E-state index is 0.193. The van der Waals surface area contributed by atoms with Crippen LogP contribution in [-0.2, 0) is 0 Å². The van der Waals surface area contributed by atoms with Crippen LogP contribution in [0.15, 0.2) is 77.4 Å². The average molecular weight is 475 g/mol. The molecule has 2 aromatic carbocycles. The van der Waals surface area contributed by atoms with Gasteiger partial charge in [-0.15, -0.1) is 0 Å². The Labute approximate surface area is 189 Å². The molecule has 3 N–H and O–H groups in total. The van der Waals surface area contributed by atoms with Crippen LogP contribution in [0.3, 0.4) is 0 Å². The molecule has 4 aromatic rings. The number of rotatable bonds is 8. The molecular weight excluding hydrogens is 452 g/mol. The van der Waals surface area contributed by atoms with E-state index in [1.54, 1.807) is 6.20 Å². The fraction of sp³-hybridized carbons (Fsp3) is 0.208. The zero-order valence-corrected chi connectivity index (χ0v) is 18.5. The zero-order chi connectivity index (χ0) is 21.0. The summed E-state index contributed by atoms with van der Waals surface area (Å²) in [6.07, 6.45) is 4.22. The Morgan fingerprint density at radius 3 is 2.32 bits per heavy atom. The number of benzene rings is 2. The zero-order valence-electron chi connectivity index (χ0n) is 16.9. The van der Waals surface area contributed by atoms with Gasteiger partial charge in [0.05, 0.1) is 4.47 Å². The summed E-state index contributed by atoms with van der Waals surface area (Å²) in [6, 6.07) is 23.1. The van der Waals surface area contributed by atoms with Crippen molar-refractivity contribution in [2.45, 2.75) is 24.7 Å². The number of anilines is 3. The summed E-state index contributed by atoms with van der Waals surface area (Å²) in [4.78, 5) is 9.11. The Morgan fingerprint density at radius 2 is 1.68 bits per heavy atom. The van der Waals surface area contributed by atoms with Crippen LogP contribution in [-0.4, -0.2) is 26.7 Å². The molecule has 2 aromatic heterocycles. The van der Waals surface area contributed by atoms with Crippen molar-refractivity contribution < 1.29 is 0 Å². The largest absolute Gasteiger partial charge is 0.353 e. The Balaban J connectivity index is 1.33. The summed E-state index contributed by atoms with van der Waals surface area (Å²) in [5.41, 5.74) is 3.68. The molecule has 0 atom stereocenters. The fourth-order valence-corrected chi connectivity index (χ4v) is 3.95. The van der Waals surface area contributed by atoms with Crippen molar-refractivity contribution in [2.75, 3.05) is 17.2 Å². The van der Waals surface area contributed by atoms with Gasteiger partial charge in [-0.05, 0) is 39.9 Å². The molecular formula is C24H23BrN6. The Kier molecular flexibility index (Phi) is 5.67. The smallest absolute Gasteiger partial charge is 0.224 e. The molecule has 0 amide bonds. The van der Waals surface area contributed by atoms with E-state index < -0.39 is 0 Å². The average Bonchev–Trinajstić information content (AvgIpc) is 3.56. The monoisotopic (exact) mass is 474 g/mol. The third-order valence-electron chi connectivity index (χ3n) is 5.47. The maximum absolute atomic E-state index is 4.66. The van der Waals surface area contributed by atoms with Crippen LogP contribution in [0.5, 0.6) is 0 Å². The highest BCUT2D eigenvalue weighted by Gasteiger charge is 2.25. The van der Waals surface area contributed by atoms with Crippen LogP contribution < -0.4 is 10.6 Å². The molecule has 0 unspecified atom stereocenters. The van der Waals surface area contributed by atoms with Crippen LogP contribution >= 0.6 is 15.9 Å². The number of H-pyrrole nitrogens is 1. The molecule has 6 nitrogen and oxygen atoms in total. The molecule has 0 radical (unpaired) electrons. The van der Waals surface area contributed by atoms with Gasteiger partial charge in [0.1, 0.15) is 0 Å². The second-order valence-corrected chi connectivity index (χ2v) is 8.61. The van der Waals surface area contributed by atoms with Gasteiger partial charge in [-0.1, -0.05) is 60.7 Å². The van der Waals surface area contributed by atoms with Gasteiger partial charge in [-0.2, -0.15) is 10.1 Å². The number of nitrogens with zero attached hydrogens (tertiary/aromatic N) is 3. The minimum Gasteiger partial charge on any atom is -0.353 e. The standard InChI is InChI=1S/C24H23BrN6/c25-20-15-27-24(29-23(20)28-22-13-21(30-31-22)18-11-12-18)26-14-19(16-7-3-1-4-8-16)17-9-5-2-6-10-17/h1-10,13,15,18-19H,11-12,14H2,(H3,26,27,28,29,30,31). The van der Waals surface area contributed by atoms with Gasteiger partial charge in [0, 0.05) is 36.3 Å². The fourth-order valence-electron chi connectivity index (χ4n) is 3.66. The van der Waals surface area contributed by atoms with E-state index in [0.717, 1.165) is 10.3 Å². The van der Waals surface area contributed by atoms with Gasteiger partial charge in [0.15, 0.2) is 11.6 Å². The van der Waals surface area contributed by atoms with E-state index in [1.165, 1.54) is 29.7 Å². The minimum atomic E-state index is 0.193. The van der Waals surface area contributed by atoms with Gasteiger partial charge in [0.2, 0.25) is 5.95 Å². The van der Waals surface area contributed by atoms with Crippen LogP contribution in [0.25, 0.3) is 0 Å². The van der Waals surface area contributed by atoms with Gasteiger partial charge in [0.25, 0.3) is 0 Å². The van der Waals surface area contributed by atoms with Gasteiger partial charge >= 0.3 is 0 Å². The number of aromatic nitrogens is 4. The molecule has 1 saturated carbocycles. The maximum Gasteiger partial charge on any atom is 0.224 e. The van der Waals surface area contributed by atoms with Crippen LogP contribution in [0.1, 0.15) is 41.5 Å². The number of nitrogens with one attached hydrogen (secondary N) is 3. The first-order valence-corrected chi connectivity index (χ1v) is 11.2. The molecule has 31 heavy (non-hydrogen) atoms. The van der Waals surface area contributed by atoms with Crippen LogP contribution in [0.2, 0.25) is 0 Å². The van der Waals surface area contributed by atoms with Crippen molar-refractivity contribution in [2.24, 2.45) is 0 Å². The Morgan fingerprint density at radius 1 is 1.00 bits per heavy atom. The molecule has 0 bridgehead atoms. The van der Waals surface area contributed by atoms with Crippen molar-refractivity contribution in [3.8, 4) is 0 Å². The van der Waals surface area contributed by atoms with Crippen LogP contribution in [0, 0.1) is 0 Å². The van der Waals surface area contributed by atoms with Gasteiger partial charge < -0.3 is 10.6 Å². The van der Waals surface area contributed by atoms with Crippen molar-refractivity contribution in [1.82, 2.24) is 20.2 Å². The highest BCUT2D eigenvalue weighted by atomic mass is 79.9. The number of aromatic amines is 1. The van der Waals surface area contributed by atoms with E-state index in [2.05, 4.69) is 101 Å². The highest BCUT2D eigenvalue weighted by molar-refractivity contribution is 9.10. The molecule has 5 rings (SSSR count). The van der Waals surface area contributed by atoms with Crippen LogP contribution in [0.4, 0.5) is 17.6 Å². The predicted octanol–water partition coefficient (Wildman–Crippen LogP) is 5.83. The second kappa shape index (κ2) is 8.89. The molecule has 0 aliphatic heterocycles. The maximum atomic E-state index is 4.66. The lowest BCUT2D eigenvalue weighted by molar-refractivity contribution is 0.842. The van der Waals surface area contributed by atoms with E-state index in [-0.39, 0.29) is 5.92 Å². The summed E-state index contributed by atoms with van der Waals surface area (Å²) in [5.74, 6) is 2.84. The molecule has 1 aliphatic rings. The molecule has 0 saturated heterocycles. The first-order valence-electron chi connectivity index (χ1n) is 10.4. The van der Waals surface area contributed by atoms with E-state index >= 15 is 0 Å². The van der Waals surface area contributed by atoms with Crippen molar-refractivity contribution in [3.05, 3.63) is 94.2 Å². The van der Waals surface area contributed by atoms with E-state index in [4.69, 9.17) is 0 Å². The quantitative estimate of drug-likeness (QED) is 0.299. The Bertz CT molecular complexity index is 1100. The predicted molar refractivity (Wildman–Crippen MR) is 127 cm³/mol. The summed E-state index contributed by atoms with van der Waals surface area (Å²) in [5, 5.41) is 14.2. The van der Waals surface area contributed by atoms with Gasteiger partial charge in [-0.3, -0.25) is 5.10 Å². The van der Waals surface area contributed by atoms with E-state index in [9.17, 15) is 0 Å². The normalized spacial score (nSPS) is 13.4.